The summed E-state index contributed by atoms with van der Waals surface area (Å²) in [7, 11) is 4.11. The largest absolute Gasteiger partial charge is 0.452 e. The number of nitrogens with one attached hydrogen (secondary N) is 1. The number of pyridine rings is 1. The fraction of sp³-hybridized carbons (Fsp3) is 0.389. The van der Waals surface area contributed by atoms with E-state index in [1.54, 1.807) is 36.7 Å². The van der Waals surface area contributed by atoms with Gasteiger partial charge in [0.2, 0.25) is 0 Å². The fourth-order valence-corrected chi connectivity index (χ4v) is 2.50. The molecule has 0 aliphatic carbocycles. The van der Waals surface area contributed by atoms with Crippen molar-refractivity contribution in [2.45, 2.75) is 13.8 Å². The highest BCUT2D eigenvalue weighted by molar-refractivity contribution is 5.55. The minimum atomic E-state index is -0.386. The van der Waals surface area contributed by atoms with Gasteiger partial charge in [-0.2, -0.15) is 0 Å². The van der Waals surface area contributed by atoms with E-state index in [9.17, 15) is 4.39 Å². The maximum Gasteiger partial charge on any atom is 0.165 e. The van der Waals surface area contributed by atoms with Crippen LogP contribution in [0, 0.1) is 11.2 Å². The molecule has 4 nitrogen and oxygen atoms in total. The molecule has 1 heterocycles. The minimum Gasteiger partial charge on any atom is -0.452 e. The van der Waals surface area contributed by atoms with Crippen molar-refractivity contribution in [3.63, 3.8) is 0 Å². The Morgan fingerprint density at radius 2 is 1.91 bits per heavy atom. The summed E-state index contributed by atoms with van der Waals surface area (Å²) in [6.45, 7) is 6.08. The van der Waals surface area contributed by atoms with Crippen LogP contribution in [0.1, 0.15) is 13.8 Å². The minimum absolute atomic E-state index is 0.0780. The predicted octanol–water partition coefficient (Wildman–Crippen LogP) is 4.01. The molecule has 0 aliphatic heterocycles. The smallest absolute Gasteiger partial charge is 0.165 e. The van der Waals surface area contributed by atoms with Crippen LogP contribution in [-0.4, -0.2) is 37.1 Å². The van der Waals surface area contributed by atoms with E-state index in [0.29, 0.717) is 5.75 Å². The predicted molar refractivity (Wildman–Crippen MR) is 91.5 cm³/mol. The van der Waals surface area contributed by atoms with E-state index < -0.39 is 0 Å². The van der Waals surface area contributed by atoms with Crippen LogP contribution in [0.4, 0.5) is 10.1 Å². The first kappa shape index (κ1) is 17.2. The second kappa shape index (κ2) is 7.42. The molecule has 0 bridgehead atoms. The third-order valence-electron chi connectivity index (χ3n) is 3.34. The zero-order valence-corrected chi connectivity index (χ0v) is 14.1. The van der Waals surface area contributed by atoms with Gasteiger partial charge in [0, 0.05) is 25.4 Å². The first-order valence-electron chi connectivity index (χ1n) is 7.62. The number of nitrogens with zero attached hydrogens (tertiary/aromatic N) is 2. The molecule has 0 unspecified atom stereocenters. The van der Waals surface area contributed by atoms with Gasteiger partial charge in [0.25, 0.3) is 0 Å². The van der Waals surface area contributed by atoms with Gasteiger partial charge in [-0.15, -0.1) is 0 Å². The van der Waals surface area contributed by atoms with E-state index in [2.05, 4.69) is 43.1 Å². The van der Waals surface area contributed by atoms with Crippen LogP contribution in [-0.2, 0) is 0 Å². The van der Waals surface area contributed by atoms with E-state index in [0.717, 1.165) is 18.8 Å². The van der Waals surface area contributed by atoms with Crippen molar-refractivity contribution >= 4 is 5.69 Å². The molecular weight excluding hydrogens is 293 g/mol. The van der Waals surface area contributed by atoms with Crippen molar-refractivity contribution in [1.29, 1.82) is 0 Å². The Kier molecular flexibility index (Phi) is 5.55. The van der Waals surface area contributed by atoms with Gasteiger partial charge in [-0.25, -0.2) is 4.39 Å². The van der Waals surface area contributed by atoms with Crippen LogP contribution < -0.4 is 10.1 Å². The van der Waals surface area contributed by atoms with E-state index in [1.807, 2.05) is 0 Å². The molecule has 0 spiro atoms. The van der Waals surface area contributed by atoms with Gasteiger partial charge in [0.15, 0.2) is 17.3 Å². The number of hydrogen-bond donors (Lipinski definition) is 1. The molecule has 0 amide bonds. The van der Waals surface area contributed by atoms with Crippen molar-refractivity contribution in [3.05, 3.63) is 48.5 Å². The summed E-state index contributed by atoms with van der Waals surface area (Å²) in [4.78, 5) is 6.28. The Morgan fingerprint density at radius 3 is 2.61 bits per heavy atom. The first-order chi connectivity index (χ1) is 10.9. The molecule has 0 radical (unpaired) electrons. The number of hydrogen-bond acceptors (Lipinski definition) is 4. The molecule has 0 saturated heterocycles. The van der Waals surface area contributed by atoms with Gasteiger partial charge in [-0.3, -0.25) is 4.98 Å². The Bertz CT molecular complexity index is 644. The standard InChI is InChI=1S/C18H24FN3O/c1-18(2,13-22(3)4)12-21-15-11-20-10-9-17(15)23-16-8-6-5-7-14(16)19/h5-11,21H,12-13H2,1-4H3. The lowest BCUT2D eigenvalue weighted by molar-refractivity contribution is 0.254. The normalized spacial score (nSPS) is 11.6. The van der Waals surface area contributed by atoms with Crippen LogP contribution in [0.5, 0.6) is 11.5 Å². The summed E-state index contributed by atoms with van der Waals surface area (Å²) in [5, 5.41) is 3.36. The number of aromatic nitrogens is 1. The lowest BCUT2D eigenvalue weighted by Gasteiger charge is -2.29. The Balaban J connectivity index is 2.10. The first-order valence-corrected chi connectivity index (χ1v) is 7.62. The van der Waals surface area contributed by atoms with Crippen LogP contribution in [0.15, 0.2) is 42.7 Å². The molecule has 0 fully saturated rings. The summed E-state index contributed by atoms with van der Waals surface area (Å²) in [6.07, 6.45) is 3.33. The fourth-order valence-electron chi connectivity index (χ4n) is 2.50. The number of ether oxygens (including phenoxy) is 1. The Morgan fingerprint density at radius 1 is 1.17 bits per heavy atom. The van der Waals surface area contributed by atoms with Gasteiger partial charge in [0.05, 0.1) is 11.9 Å². The van der Waals surface area contributed by atoms with Gasteiger partial charge >= 0.3 is 0 Å². The molecule has 23 heavy (non-hydrogen) atoms. The SMILES string of the molecule is CN(C)CC(C)(C)CNc1cnccc1Oc1ccccc1F. The summed E-state index contributed by atoms with van der Waals surface area (Å²) in [5.41, 5.74) is 0.830. The lowest BCUT2D eigenvalue weighted by Crippen LogP contribution is -2.34. The second-order valence-electron chi connectivity index (χ2n) is 6.66. The molecule has 124 valence electrons. The topological polar surface area (TPSA) is 37.4 Å². The summed E-state index contributed by atoms with van der Waals surface area (Å²) in [6, 6.07) is 8.09. The molecule has 0 atom stereocenters. The van der Waals surface area contributed by atoms with Crippen molar-refractivity contribution in [2.75, 3.05) is 32.5 Å². The van der Waals surface area contributed by atoms with E-state index in [1.165, 1.54) is 6.07 Å². The van der Waals surface area contributed by atoms with Crippen LogP contribution in [0.2, 0.25) is 0 Å². The Labute approximate surface area is 137 Å². The number of rotatable bonds is 7. The van der Waals surface area contributed by atoms with Crippen molar-refractivity contribution < 1.29 is 9.13 Å². The second-order valence-corrected chi connectivity index (χ2v) is 6.66. The molecule has 0 saturated carbocycles. The van der Waals surface area contributed by atoms with Gasteiger partial charge in [-0.05, 0) is 31.6 Å². The number of benzene rings is 1. The average Bonchev–Trinajstić information content (AvgIpc) is 2.47. The van der Waals surface area contributed by atoms with Gasteiger partial charge < -0.3 is 15.0 Å². The van der Waals surface area contributed by atoms with E-state index >= 15 is 0 Å². The third kappa shape index (κ3) is 5.21. The molecular formula is C18H24FN3O. The van der Waals surface area contributed by atoms with Gasteiger partial charge in [-0.1, -0.05) is 26.0 Å². The van der Waals surface area contributed by atoms with Crippen LogP contribution in [0.3, 0.4) is 0 Å². The molecule has 0 aliphatic rings. The molecule has 1 aromatic heterocycles. The Hall–Kier alpha value is -2.14. The summed E-state index contributed by atoms with van der Waals surface area (Å²) < 4.78 is 19.5. The highest BCUT2D eigenvalue weighted by Crippen LogP contribution is 2.30. The lowest BCUT2D eigenvalue weighted by atomic mass is 9.93. The zero-order valence-electron chi connectivity index (χ0n) is 14.1. The van der Waals surface area contributed by atoms with E-state index in [-0.39, 0.29) is 17.0 Å². The maximum absolute atomic E-state index is 13.8. The maximum atomic E-state index is 13.8. The molecule has 2 aromatic rings. The zero-order chi connectivity index (χ0) is 16.9. The van der Waals surface area contributed by atoms with Crippen molar-refractivity contribution in [2.24, 2.45) is 5.41 Å². The average molecular weight is 317 g/mol. The van der Waals surface area contributed by atoms with E-state index in [4.69, 9.17) is 4.74 Å². The highest BCUT2D eigenvalue weighted by atomic mass is 19.1. The summed E-state index contributed by atoms with van der Waals surface area (Å²) >= 11 is 0. The molecule has 2 rings (SSSR count). The number of anilines is 1. The molecule has 5 heteroatoms. The number of para-hydroxylation sites is 1. The highest BCUT2D eigenvalue weighted by Gasteiger charge is 2.19. The van der Waals surface area contributed by atoms with Crippen molar-refractivity contribution in [1.82, 2.24) is 9.88 Å². The quantitative estimate of drug-likeness (QED) is 0.837. The summed E-state index contributed by atoms with van der Waals surface area (Å²) in [5.74, 6) is 0.378. The molecule has 1 aromatic carbocycles. The van der Waals surface area contributed by atoms with Crippen LogP contribution in [0.25, 0.3) is 0 Å². The number of halogens is 1. The van der Waals surface area contributed by atoms with Crippen molar-refractivity contribution in [3.8, 4) is 11.5 Å². The third-order valence-corrected chi connectivity index (χ3v) is 3.34. The molecule has 1 N–H and O–H groups in total. The monoisotopic (exact) mass is 317 g/mol. The van der Waals surface area contributed by atoms with Crippen LogP contribution >= 0.6 is 0 Å². The van der Waals surface area contributed by atoms with Gasteiger partial charge in [0.1, 0.15) is 0 Å².